The Bertz CT molecular complexity index is 729. The lowest BCUT2D eigenvalue weighted by Crippen LogP contribution is -2.25. The minimum Gasteiger partial charge on any atom is -0.507 e. The number of amides is 1. The lowest BCUT2D eigenvalue weighted by atomic mass is 10.1. The standard InChI is InChI=1S/C16H15NO3S/c1-10(18)21-11-8-16(20)17(9-11)14-6-2-5-13-12(14)4-3-7-15(13)19/h2-7,11,19H,8-9H2,1H3. The number of nitrogens with zero attached hydrogens (tertiary/aromatic N) is 1. The smallest absolute Gasteiger partial charge is 0.228 e. The number of carbonyl (C=O) groups excluding carboxylic acids is 2. The molecule has 0 aromatic heterocycles. The van der Waals surface area contributed by atoms with Crippen molar-refractivity contribution in [3.63, 3.8) is 0 Å². The molecule has 1 aliphatic rings. The minimum absolute atomic E-state index is 0.00238. The molecule has 0 bridgehead atoms. The van der Waals surface area contributed by atoms with Crippen LogP contribution in [0.2, 0.25) is 0 Å². The highest BCUT2D eigenvalue weighted by Crippen LogP contribution is 2.35. The van der Waals surface area contributed by atoms with Gasteiger partial charge in [0.2, 0.25) is 5.91 Å². The molecule has 1 atom stereocenters. The third-order valence-corrected chi connectivity index (χ3v) is 4.57. The van der Waals surface area contributed by atoms with E-state index in [2.05, 4.69) is 0 Å². The van der Waals surface area contributed by atoms with E-state index in [4.69, 9.17) is 0 Å². The van der Waals surface area contributed by atoms with Gasteiger partial charge in [-0.3, -0.25) is 9.59 Å². The maximum absolute atomic E-state index is 12.2. The van der Waals surface area contributed by atoms with Gasteiger partial charge in [0.15, 0.2) is 5.12 Å². The third-order valence-electron chi connectivity index (χ3n) is 3.59. The van der Waals surface area contributed by atoms with Gasteiger partial charge in [0.25, 0.3) is 0 Å². The monoisotopic (exact) mass is 301 g/mol. The normalized spacial score (nSPS) is 18.4. The molecule has 4 nitrogen and oxygen atoms in total. The Hall–Kier alpha value is -2.01. The SMILES string of the molecule is CC(=O)SC1CC(=O)N(c2cccc3c(O)cccc23)C1. The Morgan fingerprint density at radius 3 is 2.71 bits per heavy atom. The maximum atomic E-state index is 12.2. The summed E-state index contributed by atoms with van der Waals surface area (Å²) in [7, 11) is 0. The summed E-state index contributed by atoms with van der Waals surface area (Å²) >= 11 is 1.22. The van der Waals surface area contributed by atoms with E-state index in [1.807, 2.05) is 24.3 Å². The van der Waals surface area contributed by atoms with Crippen LogP contribution in [-0.2, 0) is 9.59 Å². The van der Waals surface area contributed by atoms with Gasteiger partial charge in [-0.1, -0.05) is 36.0 Å². The van der Waals surface area contributed by atoms with Gasteiger partial charge in [-0.2, -0.15) is 0 Å². The first-order valence-corrected chi connectivity index (χ1v) is 7.62. The van der Waals surface area contributed by atoms with Crippen LogP contribution in [0.3, 0.4) is 0 Å². The summed E-state index contributed by atoms with van der Waals surface area (Å²) in [6.07, 6.45) is 0.374. The Morgan fingerprint density at radius 1 is 1.24 bits per heavy atom. The molecule has 0 radical (unpaired) electrons. The average molecular weight is 301 g/mol. The molecule has 0 saturated carbocycles. The van der Waals surface area contributed by atoms with Gasteiger partial charge < -0.3 is 10.0 Å². The van der Waals surface area contributed by atoms with Crippen LogP contribution in [-0.4, -0.2) is 27.9 Å². The lowest BCUT2D eigenvalue weighted by Gasteiger charge is -2.19. The largest absolute Gasteiger partial charge is 0.507 e. The molecule has 0 aliphatic carbocycles. The van der Waals surface area contributed by atoms with Crippen LogP contribution in [0.1, 0.15) is 13.3 Å². The van der Waals surface area contributed by atoms with E-state index >= 15 is 0 Å². The molecule has 5 heteroatoms. The molecular weight excluding hydrogens is 286 g/mol. The van der Waals surface area contributed by atoms with Crippen LogP contribution in [0, 0.1) is 0 Å². The Morgan fingerprint density at radius 2 is 1.95 bits per heavy atom. The predicted molar refractivity (Wildman–Crippen MR) is 84.6 cm³/mol. The number of phenolic OH excluding ortho intramolecular Hbond substituents is 1. The summed E-state index contributed by atoms with van der Waals surface area (Å²) in [5, 5.41) is 11.5. The molecule has 1 N–H and O–H groups in total. The number of benzene rings is 2. The number of hydrogen-bond donors (Lipinski definition) is 1. The number of anilines is 1. The zero-order valence-electron chi connectivity index (χ0n) is 11.6. The second kappa shape index (κ2) is 5.41. The van der Waals surface area contributed by atoms with Crippen molar-refractivity contribution < 1.29 is 14.7 Å². The van der Waals surface area contributed by atoms with Crippen molar-refractivity contribution in [2.24, 2.45) is 0 Å². The van der Waals surface area contributed by atoms with Crippen molar-refractivity contribution in [3.8, 4) is 5.75 Å². The van der Waals surface area contributed by atoms with Crippen molar-refractivity contribution >= 4 is 39.2 Å². The van der Waals surface area contributed by atoms with Crippen molar-refractivity contribution in [1.29, 1.82) is 0 Å². The number of thioether (sulfide) groups is 1. The number of fused-ring (bicyclic) bond motifs is 1. The van der Waals surface area contributed by atoms with Gasteiger partial charge in [0, 0.05) is 35.9 Å². The first-order valence-electron chi connectivity index (χ1n) is 6.74. The molecule has 1 saturated heterocycles. The van der Waals surface area contributed by atoms with Crippen molar-refractivity contribution in [1.82, 2.24) is 0 Å². The Balaban J connectivity index is 1.99. The highest BCUT2D eigenvalue weighted by atomic mass is 32.2. The van der Waals surface area contributed by atoms with Gasteiger partial charge in [-0.05, 0) is 12.1 Å². The lowest BCUT2D eigenvalue weighted by molar-refractivity contribution is -0.117. The van der Waals surface area contributed by atoms with E-state index in [9.17, 15) is 14.7 Å². The highest BCUT2D eigenvalue weighted by Gasteiger charge is 2.32. The maximum Gasteiger partial charge on any atom is 0.228 e. The number of hydrogen-bond acceptors (Lipinski definition) is 4. The zero-order chi connectivity index (χ0) is 15.0. The molecule has 0 spiro atoms. The quantitative estimate of drug-likeness (QED) is 0.926. The molecule has 1 amide bonds. The molecule has 3 rings (SSSR count). The summed E-state index contributed by atoms with van der Waals surface area (Å²) in [5.41, 5.74) is 0.792. The molecule has 1 aliphatic heterocycles. The first kappa shape index (κ1) is 13.9. The molecule has 2 aromatic carbocycles. The van der Waals surface area contributed by atoms with Crippen LogP contribution in [0.4, 0.5) is 5.69 Å². The van der Waals surface area contributed by atoms with Gasteiger partial charge in [-0.15, -0.1) is 0 Å². The Labute approximate surface area is 126 Å². The number of rotatable bonds is 2. The number of phenols is 1. The van der Waals surface area contributed by atoms with Gasteiger partial charge in [0.05, 0.1) is 5.69 Å². The number of carbonyl (C=O) groups is 2. The fourth-order valence-electron chi connectivity index (χ4n) is 2.73. The van der Waals surface area contributed by atoms with Crippen LogP contribution in [0.15, 0.2) is 36.4 Å². The first-order chi connectivity index (χ1) is 10.1. The van der Waals surface area contributed by atoms with E-state index in [1.165, 1.54) is 18.7 Å². The van der Waals surface area contributed by atoms with Crippen LogP contribution in [0.25, 0.3) is 10.8 Å². The molecule has 1 heterocycles. The van der Waals surface area contributed by atoms with Gasteiger partial charge >= 0.3 is 0 Å². The summed E-state index contributed by atoms with van der Waals surface area (Å²) in [6, 6.07) is 10.8. The van der Waals surface area contributed by atoms with Crippen LogP contribution in [0.5, 0.6) is 5.75 Å². The molecule has 2 aromatic rings. The number of aromatic hydroxyl groups is 1. The average Bonchev–Trinajstić information content (AvgIpc) is 2.78. The van der Waals surface area contributed by atoms with Gasteiger partial charge in [-0.25, -0.2) is 0 Å². The summed E-state index contributed by atoms with van der Waals surface area (Å²) < 4.78 is 0. The summed E-state index contributed by atoms with van der Waals surface area (Å²) in [5.74, 6) is 0.222. The summed E-state index contributed by atoms with van der Waals surface area (Å²) in [6.45, 7) is 2.05. The topological polar surface area (TPSA) is 57.6 Å². The van der Waals surface area contributed by atoms with Crippen LogP contribution < -0.4 is 4.90 Å². The molecular formula is C16H15NO3S. The van der Waals surface area contributed by atoms with E-state index in [0.29, 0.717) is 13.0 Å². The molecule has 108 valence electrons. The highest BCUT2D eigenvalue weighted by molar-refractivity contribution is 8.14. The van der Waals surface area contributed by atoms with Crippen LogP contribution >= 0.6 is 11.8 Å². The molecule has 1 fully saturated rings. The second-order valence-electron chi connectivity index (χ2n) is 5.09. The van der Waals surface area contributed by atoms with Crippen molar-refractivity contribution in [2.45, 2.75) is 18.6 Å². The van der Waals surface area contributed by atoms with E-state index in [-0.39, 0.29) is 22.0 Å². The summed E-state index contributed by atoms with van der Waals surface area (Å²) in [4.78, 5) is 25.2. The minimum atomic E-state index is 0.00238. The van der Waals surface area contributed by atoms with E-state index < -0.39 is 0 Å². The van der Waals surface area contributed by atoms with Gasteiger partial charge in [0.1, 0.15) is 5.75 Å². The molecule has 21 heavy (non-hydrogen) atoms. The molecule has 1 unspecified atom stereocenters. The zero-order valence-corrected chi connectivity index (χ0v) is 12.4. The fourth-order valence-corrected chi connectivity index (χ4v) is 3.65. The second-order valence-corrected chi connectivity index (χ2v) is 6.57. The fraction of sp³-hybridized carbons (Fsp3) is 0.250. The Kier molecular flexibility index (Phi) is 3.59. The van der Waals surface area contributed by atoms with E-state index in [0.717, 1.165) is 16.5 Å². The third kappa shape index (κ3) is 2.61. The predicted octanol–water partition coefficient (Wildman–Crippen LogP) is 2.93. The van der Waals surface area contributed by atoms with E-state index in [1.54, 1.807) is 17.0 Å². The van der Waals surface area contributed by atoms with Crippen molar-refractivity contribution in [3.05, 3.63) is 36.4 Å². The van der Waals surface area contributed by atoms with Crippen molar-refractivity contribution in [2.75, 3.05) is 11.4 Å².